The van der Waals surface area contributed by atoms with Crippen LogP contribution in [0, 0.1) is 5.92 Å². The summed E-state index contributed by atoms with van der Waals surface area (Å²) in [7, 11) is 0. The molecule has 1 N–H and O–H groups in total. The standard InChI is InChI=1S/C8H15F3O/c1-2-3-4-7(6-12)5-8(9,10)11/h7,12H,2-6H2,1H3. The van der Waals surface area contributed by atoms with E-state index in [2.05, 4.69) is 0 Å². The van der Waals surface area contributed by atoms with Crippen LogP contribution >= 0.6 is 0 Å². The van der Waals surface area contributed by atoms with Gasteiger partial charge in [0.2, 0.25) is 0 Å². The van der Waals surface area contributed by atoms with Crippen molar-refractivity contribution in [1.82, 2.24) is 0 Å². The maximum Gasteiger partial charge on any atom is 0.389 e. The molecule has 0 fully saturated rings. The Morgan fingerprint density at radius 3 is 2.25 bits per heavy atom. The molecule has 0 rings (SSSR count). The molecule has 1 nitrogen and oxygen atoms in total. The van der Waals surface area contributed by atoms with Crippen molar-refractivity contribution in [3.05, 3.63) is 0 Å². The third-order valence-electron chi connectivity index (χ3n) is 1.74. The lowest BCUT2D eigenvalue weighted by Crippen LogP contribution is -2.17. The van der Waals surface area contributed by atoms with E-state index in [9.17, 15) is 13.2 Å². The Morgan fingerprint density at radius 1 is 1.33 bits per heavy atom. The highest BCUT2D eigenvalue weighted by Crippen LogP contribution is 2.27. The molecule has 74 valence electrons. The van der Waals surface area contributed by atoms with E-state index in [1.54, 1.807) is 0 Å². The molecular formula is C8H15F3O. The fraction of sp³-hybridized carbons (Fsp3) is 1.00. The largest absolute Gasteiger partial charge is 0.396 e. The second-order valence-electron chi connectivity index (χ2n) is 3.01. The van der Waals surface area contributed by atoms with Gasteiger partial charge >= 0.3 is 6.18 Å². The van der Waals surface area contributed by atoms with Crippen molar-refractivity contribution in [1.29, 1.82) is 0 Å². The molecule has 0 aromatic rings. The Morgan fingerprint density at radius 2 is 1.92 bits per heavy atom. The Balaban J connectivity index is 3.67. The van der Waals surface area contributed by atoms with Crippen molar-refractivity contribution in [3.63, 3.8) is 0 Å². The average Bonchev–Trinajstić information content (AvgIpc) is 1.95. The molecule has 0 aliphatic rings. The minimum absolute atomic E-state index is 0.362. The monoisotopic (exact) mass is 184 g/mol. The van der Waals surface area contributed by atoms with Crippen LogP contribution in [-0.2, 0) is 0 Å². The molecule has 1 atom stereocenters. The van der Waals surface area contributed by atoms with E-state index in [1.807, 2.05) is 6.92 Å². The summed E-state index contributed by atoms with van der Waals surface area (Å²) < 4.78 is 35.4. The van der Waals surface area contributed by atoms with Gasteiger partial charge < -0.3 is 5.11 Å². The molecule has 1 unspecified atom stereocenters. The number of rotatable bonds is 5. The first-order chi connectivity index (χ1) is 5.49. The molecule has 0 amide bonds. The predicted molar refractivity (Wildman–Crippen MR) is 40.8 cm³/mol. The molecular weight excluding hydrogens is 169 g/mol. The molecule has 0 saturated carbocycles. The molecule has 12 heavy (non-hydrogen) atoms. The first-order valence-electron chi connectivity index (χ1n) is 4.17. The summed E-state index contributed by atoms with van der Waals surface area (Å²) in [5, 5.41) is 8.62. The quantitative estimate of drug-likeness (QED) is 0.696. The highest BCUT2D eigenvalue weighted by atomic mass is 19.4. The number of aliphatic hydroxyl groups excluding tert-OH is 1. The van der Waals surface area contributed by atoms with Gasteiger partial charge in [-0.05, 0) is 12.3 Å². The first kappa shape index (κ1) is 11.8. The van der Waals surface area contributed by atoms with Crippen LogP contribution in [0.1, 0.15) is 32.6 Å². The molecule has 0 aliphatic carbocycles. The normalized spacial score (nSPS) is 14.8. The van der Waals surface area contributed by atoms with E-state index in [1.165, 1.54) is 0 Å². The van der Waals surface area contributed by atoms with Gasteiger partial charge in [0.15, 0.2) is 0 Å². The minimum Gasteiger partial charge on any atom is -0.396 e. The van der Waals surface area contributed by atoms with Crippen LogP contribution in [0.4, 0.5) is 13.2 Å². The maximum atomic E-state index is 11.8. The highest BCUT2D eigenvalue weighted by molar-refractivity contribution is 4.62. The number of hydrogen-bond acceptors (Lipinski definition) is 1. The molecule has 0 aromatic heterocycles. The second-order valence-corrected chi connectivity index (χ2v) is 3.01. The zero-order valence-corrected chi connectivity index (χ0v) is 7.19. The molecule has 0 saturated heterocycles. The Hall–Kier alpha value is -0.250. The van der Waals surface area contributed by atoms with Crippen LogP contribution in [0.2, 0.25) is 0 Å². The van der Waals surface area contributed by atoms with Gasteiger partial charge in [0.1, 0.15) is 0 Å². The molecule has 4 heteroatoms. The van der Waals surface area contributed by atoms with Gasteiger partial charge in [0.25, 0.3) is 0 Å². The van der Waals surface area contributed by atoms with Gasteiger partial charge in [-0.15, -0.1) is 0 Å². The number of alkyl halides is 3. The van der Waals surface area contributed by atoms with E-state index in [0.29, 0.717) is 6.42 Å². The van der Waals surface area contributed by atoms with E-state index < -0.39 is 18.5 Å². The van der Waals surface area contributed by atoms with Gasteiger partial charge in [-0.1, -0.05) is 19.8 Å². The van der Waals surface area contributed by atoms with E-state index >= 15 is 0 Å². The van der Waals surface area contributed by atoms with Crippen molar-refractivity contribution in [2.45, 2.75) is 38.8 Å². The van der Waals surface area contributed by atoms with E-state index in [-0.39, 0.29) is 6.61 Å². The summed E-state index contributed by atoms with van der Waals surface area (Å²) in [6, 6.07) is 0. The molecule has 0 aliphatic heterocycles. The van der Waals surface area contributed by atoms with Crippen LogP contribution in [0.15, 0.2) is 0 Å². The summed E-state index contributed by atoms with van der Waals surface area (Å²) >= 11 is 0. The number of halogens is 3. The van der Waals surface area contributed by atoms with E-state index in [0.717, 1.165) is 12.8 Å². The fourth-order valence-electron chi connectivity index (χ4n) is 1.08. The van der Waals surface area contributed by atoms with Crippen LogP contribution in [0.5, 0.6) is 0 Å². The molecule has 0 radical (unpaired) electrons. The van der Waals surface area contributed by atoms with E-state index in [4.69, 9.17) is 5.11 Å². The predicted octanol–water partition coefficient (Wildman–Crippen LogP) is 2.74. The summed E-state index contributed by atoms with van der Waals surface area (Å²) in [4.78, 5) is 0. The number of hydrogen-bond donors (Lipinski definition) is 1. The minimum atomic E-state index is -4.14. The topological polar surface area (TPSA) is 20.2 Å². The summed E-state index contributed by atoms with van der Waals surface area (Å²) in [5.74, 6) is -0.607. The number of unbranched alkanes of at least 4 members (excludes halogenated alkanes) is 1. The fourth-order valence-corrected chi connectivity index (χ4v) is 1.08. The van der Waals surface area contributed by atoms with Crippen molar-refractivity contribution in [2.24, 2.45) is 5.92 Å². The van der Waals surface area contributed by atoms with Gasteiger partial charge in [0, 0.05) is 13.0 Å². The molecule has 0 spiro atoms. The Labute approximate surface area is 70.6 Å². The van der Waals surface area contributed by atoms with Crippen molar-refractivity contribution >= 4 is 0 Å². The average molecular weight is 184 g/mol. The maximum absolute atomic E-state index is 11.8. The lowest BCUT2D eigenvalue weighted by molar-refractivity contribution is -0.147. The van der Waals surface area contributed by atoms with Gasteiger partial charge in [0.05, 0.1) is 0 Å². The van der Waals surface area contributed by atoms with Gasteiger partial charge in [-0.2, -0.15) is 13.2 Å². The third kappa shape index (κ3) is 6.46. The smallest absolute Gasteiger partial charge is 0.389 e. The summed E-state index contributed by atoms with van der Waals surface area (Å²) in [6.07, 6.45) is -2.91. The zero-order valence-electron chi connectivity index (χ0n) is 7.19. The van der Waals surface area contributed by atoms with Crippen molar-refractivity contribution in [2.75, 3.05) is 6.61 Å². The second kappa shape index (κ2) is 5.41. The lowest BCUT2D eigenvalue weighted by atomic mass is 9.99. The van der Waals surface area contributed by atoms with Crippen molar-refractivity contribution in [3.8, 4) is 0 Å². The van der Waals surface area contributed by atoms with Crippen LogP contribution in [0.3, 0.4) is 0 Å². The van der Waals surface area contributed by atoms with Gasteiger partial charge in [-0.3, -0.25) is 0 Å². The Kier molecular flexibility index (Phi) is 5.29. The van der Waals surface area contributed by atoms with Crippen LogP contribution < -0.4 is 0 Å². The summed E-state index contributed by atoms with van der Waals surface area (Å²) in [6.45, 7) is 1.56. The molecule has 0 bridgehead atoms. The van der Waals surface area contributed by atoms with Crippen molar-refractivity contribution < 1.29 is 18.3 Å². The first-order valence-corrected chi connectivity index (χ1v) is 4.17. The van der Waals surface area contributed by atoms with Gasteiger partial charge in [-0.25, -0.2) is 0 Å². The zero-order chi connectivity index (χ0) is 9.61. The van der Waals surface area contributed by atoms with Crippen LogP contribution in [0.25, 0.3) is 0 Å². The molecule has 0 aromatic carbocycles. The molecule has 0 heterocycles. The summed E-state index contributed by atoms with van der Waals surface area (Å²) in [5.41, 5.74) is 0. The highest BCUT2D eigenvalue weighted by Gasteiger charge is 2.30. The third-order valence-corrected chi connectivity index (χ3v) is 1.74. The number of aliphatic hydroxyl groups is 1. The SMILES string of the molecule is CCCCC(CO)CC(F)(F)F. The van der Waals surface area contributed by atoms with Crippen LogP contribution in [-0.4, -0.2) is 17.9 Å². The Bertz CT molecular complexity index is 111. The lowest BCUT2D eigenvalue weighted by Gasteiger charge is -2.15.